The first-order valence-corrected chi connectivity index (χ1v) is 6.09. The predicted molar refractivity (Wildman–Crippen MR) is 61.9 cm³/mol. The van der Waals surface area contributed by atoms with Crippen LogP contribution in [-0.4, -0.2) is 36.9 Å². The predicted octanol–water partition coefficient (Wildman–Crippen LogP) is 1.81. The van der Waals surface area contributed by atoms with Crippen LogP contribution in [0.25, 0.3) is 0 Å². The van der Waals surface area contributed by atoms with E-state index in [9.17, 15) is 0 Å². The average Bonchev–Trinajstić information content (AvgIpc) is 2.46. The van der Waals surface area contributed by atoms with Crippen LogP contribution in [-0.2, 0) is 0 Å². The number of thioether (sulfide) groups is 1. The number of hydrogen-bond acceptors (Lipinski definition) is 3. The molecule has 1 heterocycles. The van der Waals surface area contributed by atoms with Crippen LogP contribution in [0.1, 0.15) is 20.8 Å². The first kappa shape index (κ1) is 11.1. The van der Waals surface area contributed by atoms with Crippen molar-refractivity contribution in [2.75, 3.05) is 19.3 Å². The van der Waals surface area contributed by atoms with Gasteiger partial charge >= 0.3 is 0 Å². The summed E-state index contributed by atoms with van der Waals surface area (Å²) < 4.78 is 0. The van der Waals surface area contributed by atoms with Crippen molar-refractivity contribution < 1.29 is 0 Å². The van der Waals surface area contributed by atoms with Crippen LogP contribution in [0.5, 0.6) is 0 Å². The molecular weight excluding hydrogens is 180 g/mol. The Kier molecular flexibility index (Phi) is 3.80. The maximum Gasteiger partial charge on any atom is 0.0750 e. The number of aliphatic imine (C=N–C) groups is 1. The lowest BCUT2D eigenvalue weighted by Crippen LogP contribution is -2.20. The minimum Gasteiger partial charge on any atom is -0.313 e. The van der Waals surface area contributed by atoms with Gasteiger partial charge in [0.1, 0.15) is 0 Å². The monoisotopic (exact) mass is 200 g/mol. The van der Waals surface area contributed by atoms with Gasteiger partial charge in [0.2, 0.25) is 0 Å². The molecule has 0 saturated carbocycles. The van der Waals surface area contributed by atoms with Crippen LogP contribution < -0.4 is 5.32 Å². The van der Waals surface area contributed by atoms with Gasteiger partial charge in [0.15, 0.2) is 0 Å². The third-order valence-electron chi connectivity index (χ3n) is 2.08. The van der Waals surface area contributed by atoms with Gasteiger partial charge in [0.05, 0.1) is 6.04 Å². The topological polar surface area (TPSA) is 24.4 Å². The van der Waals surface area contributed by atoms with Crippen LogP contribution in [0.3, 0.4) is 0 Å². The molecule has 0 bridgehead atoms. The second-order valence-corrected chi connectivity index (χ2v) is 5.72. The van der Waals surface area contributed by atoms with Crippen molar-refractivity contribution >= 4 is 18.0 Å². The smallest absolute Gasteiger partial charge is 0.0750 e. The quantitative estimate of drug-likeness (QED) is 0.688. The van der Waals surface area contributed by atoms with Gasteiger partial charge in [-0.3, -0.25) is 4.99 Å². The number of nitrogens with one attached hydrogen (secondary N) is 1. The van der Waals surface area contributed by atoms with Crippen LogP contribution in [0, 0.1) is 5.41 Å². The molecule has 0 aromatic heterocycles. The van der Waals surface area contributed by atoms with Crippen LogP contribution in [0.2, 0.25) is 0 Å². The largest absolute Gasteiger partial charge is 0.313 e. The molecule has 1 saturated heterocycles. The Morgan fingerprint density at radius 1 is 1.38 bits per heavy atom. The molecule has 0 aromatic carbocycles. The molecule has 76 valence electrons. The van der Waals surface area contributed by atoms with Crippen LogP contribution >= 0.6 is 11.8 Å². The molecule has 1 N–H and O–H groups in total. The zero-order chi connectivity index (χ0) is 9.90. The molecule has 13 heavy (non-hydrogen) atoms. The van der Waals surface area contributed by atoms with E-state index in [4.69, 9.17) is 0 Å². The highest BCUT2D eigenvalue weighted by atomic mass is 32.2. The molecule has 0 unspecified atom stereocenters. The van der Waals surface area contributed by atoms with E-state index in [1.807, 2.05) is 11.8 Å². The van der Waals surface area contributed by atoms with Gasteiger partial charge in [0.25, 0.3) is 0 Å². The van der Waals surface area contributed by atoms with Gasteiger partial charge in [-0.15, -0.1) is 0 Å². The fourth-order valence-electron chi connectivity index (χ4n) is 1.35. The summed E-state index contributed by atoms with van der Waals surface area (Å²) in [4.78, 5) is 4.64. The molecule has 0 aliphatic carbocycles. The van der Waals surface area contributed by atoms with E-state index in [1.54, 1.807) is 0 Å². The summed E-state index contributed by atoms with van der Waals surface area (Å²) in [6.45, 7) is 8.71. The molecule has 1 fully saturated rings. The third kappa shape index (κ3) is 3.69. The Labute approximate surface area is 85.6 Å². The molecule has 2 atom stereocenters. The Morgan fingerprint density at radius 3 is 2.62 bits per heavy atom. The Morgan fingerprint density at radius 2 is 2.08 bits per heavy atom. The van der Waals surface area contributed by atoms with Gasteiger partial charge in [-0.1, -0.05) is 20.8 Å². The van der Waals surface area contributed by atoms with E-state index in [0.717, 1.165) is 13.1 Å². The zero-order valence-electron chi connectivity index (χ0n) is 9.00. The molecule has 1 rings (SSSR count). The van der Waals surface area contributed by atoms with Crippen molar-refractivity contribution in [1.82, 2.24) is 5.32 Å². The van der Waals surface area contributed by atoms with Crippen molar-refractivity contribution in [3.05, 3.63) is 0 Å². The minimum absolute atomic E-state index is 0.214. The molecule has 0 spiro atoms. The first-order chi connectivity index (χ1) is 6.03. The van der Waals surface area contributed by atoms with Crippen LogP contribution in [0.15, 0.2) is 4.99 Å². The van der Waals surface area contributed by atoms with Crippen molar-refractivity contribution in [3.8, 4) is 0 Å². The van der Waals surface area contributed by atoms with Crippen LogP contribution in [0.4, 0.5) is 0 Å². The van der Waals surface area contributed by atoms with Crippen molar-refractivity contribution in [1.29, 1.82) is 0 Å². The van der Waals surface area contributed by atoms with Crippen molar-refractivity contribution in [3.63, 3.8) is 0 Å². The molecule has 2 nitrogen and oxygen atoms in total. The van der Waals surface area contributed by atoms with E-state index >= 15 is 0 Å². The molecule has 0 aromatic rings. The maximum atomic E-state index is 4.64. The summed E-state index contributed by atoms with van der Waals surface area (Å²) in [5, 5.41) is 4.04. The molecule has 1 aliphatic heterocycles. The summed E-state index contributed by atoms with van der Waals surface area (Å²) in [5.41, 5.74) is 0.214. The lowest BCUT2D eigenvalue weighted by molar-refractivity contribution is 0.597. The lowest BCUT2D eigenvalue weighted by Gasteiger charge is -2.15. The summed E-state index contributed by atoms with van der Waals surface area (Å²) in [7, 11) is 0. The SMILES string of the molecule is CS[C@@H]1CNC[C@H]1N=CC(C)(C)C. The number of rotatable bonds is 2. The van der Waals surface area contributed by atoms with Gasteiger partial charge in [-0.25, -0.2) is 0 Å². The van der Waals surface area contributed by atoms with Gasteiger partial charge in [-0.05, 0) is 11.7 Å². The molecule has 0 amide bonds. The van der Waals surface area contributed by atoms with Crippen molar-refractivity contribution in [2.24, 2.45) is 10.4 Å². The minimum atomic E-state index is 0.214. The van der Waals surface area contributed by atoms with Gasteiger partial charge in [0, 0.05) is 24.6 Å². The van der Waals surface area contributed by atoms with E-state index in [0.29, 0.717) is 11.3 Å². The normalized spacial score (nSPS) is 30.2. The third-order valence-corrected chi connectivity index (χ3v) is 3.17. The van der Waals surface area contributed by atoms with Crippen molar-refractivity contribution in [2.45, 2.75) is 32.1 Å². The first-order valence-electron chi connectivity index (χ1n) is 4.81. The highest BCUT2D eigenvalue weighted by Gasteiger charge is 2.25. The highest BCUT2D eigenvalue weighted by molar-refractivity contribution is 7.99. The molecule has 0 radical (unpaired) electrons. The lowest BCUT2D eigenvalue weighted by atomic mass is 9.99. The van der Waals surface area contributed by atoms with Gasteiger partial charge in [-0.2, -0.15) is 11.8 Å². The fraction of sp³-hybridized carbons (Fsp3) is 0.900. The zero-order valence-corrected chi connectivity index (χ0v) is 9.82. The number of nitrogens with zero attached hydrogens (tertiary/aromatic N) is 1. The summed E-state index contributed by atoms with van der Waals surface area (Å²) in [6, 6.07) is 0.481. The van der Waals surface area contributed by atoms with E-state index in [-0.39, 0.29) is 5.41 Å². The second kappa shape index (κ2) is 4.47. The highest BCUT2D eigenvalue weighted by Crippen LogP contribution is 2.18. The molecular formula is C10H20N2S. The van der Waals surface area contributed by atoms with Gasteiger partial charge < -0.3 is 5.32 Å². The summed E-state index contributed by atoms with van der Waals surface area (Å²) in [6.07, 6.45) is 4.26. The maximum absolute atomic E-state index is 4.64. The Bertz CT molecular complexity index is 184. The molecule has 3 heteroatoms. The summed E-state index contributed by atoms with van der Waals surface area (Å²) >= 11 is 1.91. The van der Waals surface area contributed by atoms with E-state index in [1.165, 1.54) is 0 Å². The standard InChI is InChI=1S/C10H20N2S/c1-10(2,3)7-12-8-5-11-6-9(8)13-4/h7-9,11H,5-6H2,1-4H3/t8-,9-/m1/s1. The summed E-state index contributed by atoms with van der Waals surface area (Å²) in [5.74, 6) is 0. The second-order valence-electron chi connectivity index (χ2n) is 4.64. The molecule has 1 aliphatic rings. The average molecular weight is 200 g/mol. The number of hydrogen-bond donors (Lipinski definition) is 1. The Balaban J connectivity index is 2.48. The Hall–Kier alpha value is -0.0200. The van der Waals surface area contributed by atoms with E-state index < -0.39 is 0 Å². The fourth-order valence-corrected chi connectivity index (χ4v) is 2.11. The van der Waals surface area contributed by atoms with E-state index in [2.05, 4.69) is 43.6 Å².